The number of aliphatic hydroxyl groups excluding tert-OH is 1. The Morgan fingerprint density at radius 1 is 1.02 bits per heavy atom. The van der Waals surface area contributed by atoms with Crippen molar-refractivity contribution in [2.45, 2.75) is 63.9 Å². The molecule has 0 radical (unpaired) electrons. The normalized spacial score (nSPS) is 17.2. The van der Waals surface area contributed by atoms with E-state index in [1.165, 1.54) is 4.90 Å². The standard InChI is InChI=1S/C31H39F3N5O5P/c1-5-43-45(42,44-6-2)19-20-7-12-23(13-8-20)36-30-35-18-26(31(32,33)34)28(38-30)37-27-16-11-22(17-25(27)29(41)39(3)4)21-9-14-24(40)15-10-21/h7-8,11-13,16-18,21,24,40H,5-6,9-10,14-15,19H2,1-4H3,(H2,35,36,37,38)/t21-,24-. The van der Waals surface area contributed by atoms with E-state index in [1.807, 2.05) is 0 Å². The molecular formula is C31H39F3N5O5P. The highest BCUT2D eigenvalue weighted by Crippen LogP contribution is 2.51. The molecule has 3 N–H and O–H groups in total. The van der Waals surface area contributed by atoms with Crippen LogP contribution in [0.2, 0.25) is 0 Å². The molecule has 1 heterocycles. The number of nitrogens with one attached hydrogen (secondary N) is 2. The van der Waals surface area contributed by atoms with Crippen molar-refractivity contribution in [3.63, 3.8) is 0 Å². The zero-order valence-electron chi connectivity index (χ0n) is 25.7. The Balaban J connectivity index is 1.61. The summed E-state index contributed by atoms with van der Waals surface area (Å²) in [6.07, 6.45) is -1.56. The van der Waals surface area contributed by atoms with Crippen molar-refractivity contribution < 1.29 is 36.7 Å². The summed E-state index contributed by atoms with van der Waals surface area (Å²) in [7, 11) is -0.171. The van der Waals surface area contributed by atoms with Gasteiger partial charge in [0.1, 0.15) is 11.4 Å². The Morgan fingerprint density at radius 2 is 1.67 bits per heavy atom. The molecule has 14 heteroatoms. The molecule has 10 nitrogen and oxygen atoms in total. The number of amides is 1. The molecule has 1 aliphatic carbocycles. The Hall–Kier alpha value is -3.51. The Morgan fingerprint density at radius 3 is 2.24 bits per heavy atom. The number of anilines is 4. The topological polar surface area (TPSA) is 126 Å². The van der Waals surface area contributed by atoms with Gasteiger partial charge in [-0.2, -0.15) is 18.2 Å². The third kappa shape index (κ3) is 9.03. The van der Waals surface area contributed by atoms with Gasteiger partial charge >= 0.3 is 13.8 Å². The highest BCUT2D eigenvalue weighted by Gasteiger charge is 2.36. The number of carbonyl (C=O) groups excluding carboxylic acids is 1. The highest BCUT2D eigenvalue weighted by atomic mass is 31.2. The summed E-state index contributed by atoms with van der Waals surface area (Å²) < 4.78 is 65.7. The smallest absolute Gasteiger partial charge is 0.393 e. The molecule has 45 heavy (non-hydrogen) atoms. The summed E-state index contributed by atoms with van der Waals surface area (Å²) in [4.78, 5) is 22.5. The molecule has 0 aliphatic heterocycles. The maximum absolute atomic E-state index is 14.0. The van der Waals surface area contributed by atoms with Crippen LogP contribution in [0.4, 0.5) is 36.3 Å². The number of nitrogens with zero attached hydrogens (tertiary/aromatic N) is 3. The predicted octanol–water partition coefficient (Wildman–Crippen LogP) is 7.47. The minimum absolute atomic E-state index is 0.0648. The van der Waals surface area contributed by atoms with E-state index in [0.717, 1.165) is 18.4 Å². The van der Waals surface area contributed by atoms with Gasteiger partial charge in [0.15, 0.2) is 0 Å². The predicted molar refractivity (Wildman–Crippen MR) is 166 cm³/mol. The van der Waals surface area contributed by atoms with Crippen molar-refractivity contribution in [2.75, 3.05) is 37.9 Å². The fourth-order valence-electron chi connectivity index (χ4n) is 5.19. The summed E-state index contributed by atoms with van der Waals surface area (Å²) in [5.74, 6) is -0.874. The number of benzene rings is 2. The second-order valence-corrected chi connectivity index (χ2v) is 13.1. The van der Waals surface area contributed by atoms with Crippen molar-refractivity contribution in [1.29, 1.82) is 0 Å². The lowest BCUT2D eigenvalue weighted by molar-refractivity contribution is -0.137. The van der Waals surface area contributed by atoms with Gasteiger partial charge in [-0.25, -0.2) is 4.98 Å². The van der Waals surface area contributed by atoms with Crippen LogP contribution in [0.1, 0.15) is 72.5 Å². The number of halogens is 3. The molecule has 4 rings (SSSR count). The van der Waals surface area contributed by atoms with Gasteiger partial charge in [-0.15, -0.1) is 0 Å². The molecule has 1 fully saturated rings. The van der Waals surface area contributed by atoms with Gasteiger partial charge in [0.25, 0.3) is 5.91 Å². The van der Waals surface area contributed by atoms with Crippen LogP contribution in [0.5, 0.6) is 0 Å². The van der Waals surface area contributed by atoms with Gasteiger partial charge in [-0.3, -0.25) is 9.36 Å². The van der Waals surface area contributed by atoms with E-state index in [0.29, 0.717) is 30.3 Å². The number of aromatic nitrogens is 2. The minimum Gasteiger partial charge on any atom is -0.393 e. The number of hydrogen-bond donors (Lipinski definition) is 3. The van der Waals surface area contributed by atoms with Gasteiger partial charge in [-0.05, 0) is 80.8 Å². The number of alkyl halides is 3. The first-order chi connectivity index (χ1) is 21.3. The van der Waals surface area contributed by atoms with E-state index in [-0.39, 0.29) is 54.5 Å². The van der Waals surface area contributed by atoms with Gasteiger partial charge < -0.3 is 29.7 Å². The van der Waals surface area contributed by atoms with Crippen LogP contribution in [0.3, 0.4) is 0 Å². The first-order valence-electron chi connectivity index (χ1n) is 14.8. The molecular weight excluding hydrogens is 610 g/mol. The molecule has 1 aromatic heterocycles. The summed E-state index contributed by atoms with van der Waals surface area (Å²) >= 11 is 0. The lowest BCUT2D eigenvalue weighted by atomic mass is 9.82. The van der Waals surface area contributed by atoms with Crippen LogP contribution < -0.4 is 10.6 Å². The molecule has 3 aromatic rings. The molecule has 0 bridgehead atoms. The highest BCUT2D eigenvalue weighted by molar-refractivity contribution is 7.53. The van der Waals surface area contributed by atoms with Crippen LogP contribution >= 0.6 is 7.60 Å². The summed E-state index contributed by atoms with van der Waals surface area (Å²) in [5, 5.41) is 15.5. The van der Waals surface area contributed by atoms with Crippen LogP contribution in [0.25, 0.3) is 0 Å². The van der Waals surface area contributed by atoms with Gasteiger partial charge in [-0.1, -0.05) is 18.2 Å². The molecule has 1 amide bonds. The molecule has 0 saturated heterocycles. The van der Waals surface area contributed by atoms with E-state index in [4.69, 9.17) is 9.05 Å². The summed E-state index contributed by atoms with van der Waals surface area (Å²) in [6, 6.07) is 11.8. The zero-order chi connectivity index (χ0) is 32.8. The first kappa shape index (κ1) is 34.4. The Bertz CT molecular complexity index is 1500. The third-order valence-electron chi connectivity index (χ3n) is 7.43. The van der Waals surface area contributed by atoms with Crippen molar-refractivity contribution in [2.24, 2.45) is 0 Å². The summed E-state index contributed by atoms with van der Waals surface area (Å²) in [5.41, 5.74) is 1.34. The Labute approximate surface area is 260 Å². The van der Waals surface area contributed by atoms with Crippen LogP contribution in [-0.2, 0) is 26.0 Å². The largest absolute Gasteiger partial charge is 0.421 e. The van der Waals surface area contributed by atoms with Crippen molar-refractivity contribution in [3.8, 4) is 0 Å². The fourth-order valence-corrected chi connectivity index (χ4v) is 6.89. The molecule has 1 saturated carbocycles. The van der Waals surface area contributed by atoms with Crippen molar-refractivity contribution in [1.82, 2.24) is 14.9 Å². The lowest BCUT2D eigenvalue weighted by Crippen LogP contribution is -2.24. The van der Waals surface area contributed by atoms with E-state index in [9.17, 15) is 27.6 Å². The maximum Gasteiger partial charge on any atom is 0.421 e. The SMILES string of the molecule is CCOP(=O)(Cc1ccc(Nc2ncc(C(F)(F)F)c(Nc3ccc([C@H]4CC[C@H](O)CC4)cc3C(=O)N(C)C)n2)cc1)OCC. The first-order valence-corrected chi connectivity index (χ1v) is 16.5. The van der Waals surface area contributed by atoms with E-state index in [2.05, 4.69) is 20.6 Å². The fraction of sp³-hybridized carbons (Fsp3) is 0.452. The lowest BCUT2D eigenvalue weighted by Gasteiger charge is -2.27. The van der Waals surface area contributed by atoms with Gasteiger partial charge in [0.05, 0.1) is 36.7 Å². The van der Waals surface area contributed by atoms with Crippen molar-refractivity contribution >= 4 is 36.6 Å². The van der Waals surface area contributed by atoms with Crippen LogP contribution in [0, 0.1) is 0 Å². The quantitative estimate of drug-likeness (QED) is 0.171. The maximum atomic E-state index is 14.0. The molecule has 0 unspecified atom stereocenters. The average Bonchev–Trinajstić information content (AvgIpc) is 2.98. The number of aliphatic hydroxyl groups is 1. The number of rotatable bonds is 12. The Kier molecular flexibility index (Phi) is 11.2. The number of hydrogen-bond acceptors (Lipinski definition) is 9. The second kappa shape index (κ2) is 14.7. The molecule has 2 aromatic carbocycles. The molecule has 0 atom stereocenters. The average molecular weight is 650 g/mol. The summed E-state index contributed by atoms with van der Waals surface area (Å²) in [6.45, 7) is 3.93. The molecule has 0 spiro atoms. The van der Waals surface area contributed by atoms with Gasteiger partial charge in [0, 0.05) is 26.0 Å². The van der Waals surface area contributed by atoms with Crippen molar-refractivity contribution in [3.05, 3.63) is 70.9 Å². The third-order valence-corrected chi connectivity index (χ3v) is 9.49. The van der Waals surface area contributed by atoms with E-state index < -0.39 is 25.2 Å². The monoisotopic (exact) mass is 649 g/mol. The van der Waals surface area contributed by atoms with Crippen LogP contribution in [0.15, 0.2) is 48.7 Å². The van der Waals surface area contributed by atoms with E-state index in [1.54, 1.807) is 70.4 Å². The number of carbonyl (C=O) groups is 1. The second-order valence-electron chi connectivity index (χ2n) is 11.0. The van der Waals surface area contributed by atoms with Crippen LogP contribution in [-0.4, -0.2) is 59.3 Å². The molecule has 1 aliphatic rings. The minimum atomic E-state index is -4.77. The molecule has 244 valence electrons. The van der Waals surface area contributed by atoms with Gasteiger partial charge in [0.2, 0.25) is 5.95 Å². The van der Waals surface area contributed by atoms with E-state index >= 15 is 0 Å². The zero-order valence-corrected chi connectivity index (χ0v) is 26.6.